The maximum Gasteiger partial charge on any atom is 0.314 e. The van der Waals surface area contributed by atoms with Crippen molar-refractivity contribution >= 4 is 11.9 Å². The molecule has 0 bridgehead atoms. The Hall–Kier alpha value is -1.84. The van der Waals surface area contributed by atoms with E-state index in [0.29, 0.717) is 12.0 Å². The molecule has 0 saturated heterocycles. The van der Waals surface area contributed by atoms with Gasteiger partial charge in [0.1, 0.15) is 12.5 Å². The first-order valence-electron chi connectivity index (χ1n) is 7.58. The first kappa shape index (κ1) is 17.2. The summed E-state index contributed by atoms with van der Waals surface area (Å²) in [7, 11) is 0. The molecule has 116 valence electrons. The topological polar surface area (TPSA) is 63.6 Å². The van der Waals surface area contributed by atoms with E-state index in [1.54, 1.807) is 24.3 Å². The Bertz CT molecular complexity index is 428. The molecule has 1 aromatic rings. The smallest absolute Gasteiger partial charge is 0.314 e. The van der Waals surface area contributed by atoms with Gasteiger partial charge in [0.15, 0.2) is 0 Å². The predicted molar refractivity (Wildman–Crippen MR) is 81.2 cm³/mol. The zero-order valence-electron chi connectivity index (χ0n) is 12.6. The molecule has 1 unspecified atom stereocenters. The third-order valence-corrected chi connectivity index (χ3v) is 3.40. The van der Waals surface area contributed by atoms with Gasteiger partial charge in [-0.1, -0.05) is 62.9 Å². The number of aliphatic carboxylic acids is 1. The van der Waals surface area contributed by atoms with Gasteiger partial charge in [0.2, 0.25) is 0 Å². The van der Waals surface area contributed by atoms with Crippen molar-refractivity contribution in [2.75, 3.05) is 6.61 Å². The number of rotatable bonds is 10. The van der Waals surface area contributed by atoms with Crippen molar-refractivity contribution < 1.29 is 19.4 Å². The minimum absolute atomic E-state index is 0.104. The van der Waals surface area contributed by atoms with Crippen LogP contribution in [-0.4, -0.2) is 23.7 Å². The van der Waals surface area contributed by atoms with E-state index >= 15 is 0 Å². The van der Waals surface area contributed by atoms with E-state index in [-0.39, 0.29) is 12.6 Å². The molecule has 0 aromatic heterocycles. The second-order valence-corrected chi connectivity index (χ2v) is 5.15. The van der Waals surface area contributed by atoms with Crippen LogP contribution in [0, 0.1) is 0 Å². The summed E-state index contributed by atoms with van der Waals surface area (Å²) in [6.07, 6.45) is 5.67. The number of carbonyl (C=O) groups excluding carboxylic acids is 1. The fourth-order valence-electron chi connectivity index (χ4n) is 2.12. The first-order valence-corrected chi connectivity index (χ1v) is 7.58. The molecule has 0 spiro atoms. The number of carboxylic acid groups (broad SMARTS) is 1. The fraction of sp³-hybridized carbons (Fsp3) is 0.529. The van der Waals surface area contributed by atoms with E-state index in [2.05, 4.69) is 6.92 Å². The molecule has 21 heavy (non-hydrogen) atoms. The quantitative estimate of drug-likeness (QED) is 0.527. The Balaban J connectivity index is 2.34. The van der Waals surface area contributed by atoms with Gasteiger partial charge in [-0.25, -0.2) is 0 Å². The second-order valence-electron chi connectivity index (χ2n) is 5.15. The van der Waals surface area contributed by atoms with Gasteiger partial charge < -0.3 is 9.84 Å². The van der Waals surface area contributed by atoms with Crippen molar-refractivity contribution in [2.45, 2.75) is 51.4 Å². The van der Waals surface area contributed by atoms with Crippen LogP contribution in [0.15, 0.2) is 30.3 Å². The molecule has 1 N–H and O–H groups in total. The summed E-state index contributed by atoms with van der Waals surface area (Å²) in [6.45, 7) is 2.04. The number of carboxylic acids is 1. The Morgan fingerprint density at radius 2 is 1.76 bits per heavy atom. The summed E-state index contributed by atoms with van der Waals surface area (Å²) in [6, 6.07) is 8.85. The van der Waals surface area contributed by atoms with E-state index in [9.17, 15) is 14.7 Å². The Morgan fingerprint density at radius 1 is 1.10 bits per heavy atom. The van der Waals surface area contributed by atoms with E-state index < -0.39 is 11.9 Å². The average molecular weight is 292 g/mol. The van der Waals surface area contributed by atoms with Crippen molar-refractivity contribution in [1.29, 1.82) is 0 Å². The average Bonchev–Trinajstić information content (AvgIpc) is 2.48. The van der Waals surface area contributed by atoms with Crippen LogP contribution in [0.25, 0.3) is 0 Å². The zero-order valence-corrected chi connectivity index (χ0v) is 12.6. The minimum atomic E-state index is -0.975. The van der Waals surface area contributed by atoms with Crippen LogP contribution < -0.4 is 0 Å². The highest BCUT2D eigenvalue weighted by Gasteiger charge is 2.21. The zero-order chi connectivity index (χ0) is 15.5. The molecule has 0 aliphatic carbocycles. The molecule has 0 aliphatic rings. The van der Waals surface area contributed by atoms with Crippen LogP contribution in [0.4, 0.5) is 0 Å². The van der Waals surface area contributed by atoms with Crippen molar-refractivity contribution in [3.63, 3.8) is 0 Å². The SMILES string of the molecule is CCCCCCCC(=O)OCC(C(=O)O)c1ccccc1. The molecule has 0 saturated carbocycles. The number of hydrogen-bond donors (Lipinski definition) is 1. The molecule has 0 radical (unpaired) electrons. The summed E-state index contributed by atoms with van der Waals surface area (Å²) in [5.41, 5.74) is 0.653. The van der Waals surface area contributed by atoms with Gasteiger partial charge in [-0.15, -0.1) is 0 Å². The Morgan fingerprint density at radius 3 is 2.38 bits per heavy atom. The van der Waals surface area contributed by atoms with E-state index in [4.69, 9.17) is 4.74 Å². The second kappa shape index (κ2) is 9.97. The molecule has 0 heterocycles. The van der Waals surface area contributed by atoms with Crippen LogP contribution in [-0.2, 0) is 14.3 Å². The number of unbranched alkanes of at least 4 members (excludes halogenated alkanes) is 4. The van der Waals surface area contributed by atoms with E-state index in [0.717, 1.165) is 19.3 Å². The van der Waals surface area contributed by atoms with E-state index in [1.807, 2.05) is 6.07 Å². The van der Waals surface area contributed by atoms with Gasteiger partial charge in [-0.3, -0.25) is 9.59 Å². The van der Waals surface area contributed by atoms with E-state index in [1.165, 1.54) is 12.8 Å². The molecule has 0 fully saturated rings. The fourth-order valence-corrected chi connectivity index (χ4v) is 2.12. The normalized spacial score (nSPS) is 11.9. The number of hydrogen-bond acceptors (Lipinski definition) is 3. The van der Waals surface area contributed by atoms with Crippen LogP contribution in [0.1, 0.15) is 56.9 Å². The molecule has 4 heteroatoms. The molecule has 0 amide bonds. The van der Waals surface area contributed by atoms with Gasteiger partial charge in [-0.2, -0.15) is 0 Å². The lowest BCUT2D eigenvalue weighted by atomic mass is 10.0. The van der Waals surface area contributed by atoms with Crippen LogP contribution in [0.3, 0.4) is 0 Å². The van der Waals surface area contributed by atoms with Crippen molar-refractivity contribution in [2.24, 2.45) is 0 Å². The van der Waals surface area contributed by atoms with Crippen LogP contribution >= 0.6 is 0 Å². The molecular weight excluding hydrogens is 268 g/mol. The summed E-state index contributed by atoms with van der Waals surface area (Å²) >= 11 is 0. The van der Waals surface area contributed by atoms with Gasteiger partial charge in [0.25, 0.3) is 0 Å². The highest BCUT2D eigenvalue weighted by molar-refractivity contribution is 5.77. The molecule has 1 atom stereocenters. The maximum absolute atomic E-state index is 11.6. The summed E-state index contributed by atoms with van der Waals surface area (Å²) in [5.74, 6) is -2.08. The van der Waals surface area contributed by atoms with Crippen molar-refractivity contribution in [3.8, 4) is 0 Å². The third kappa shape index (κ3) is 6.93. The Kier molecular flexibility index (Phi) is 8.17. The number of benzene rings is 1. The minimum Gasteiger partial charge on any atom is -0.481 e. The van der Waals surface area contributed by atoms with Crippen molar-refractivity contribution in [1.82, 2.24) is 0 Å². The van der Waals surface area contributed by atoms with Gasteiger partial charge >= 0.3 is 11.9 Å². The van der Waals surface area contributed by atoms with Crippen LogP contribution in [0.5, 0.6) is 0 Å². The molecule has 4 nitrogen and oxygen atoms in total. The molecular formula is C17H24O4. The standard InChI is InChI=1S/C17H24O4/c1-2-3-4-5-9-12-16(18)21-13-15(17(19)20)14-10-7-6-8-11-14/h6-8,10-11,15H,2-5,9,12-13H2,1H3,(H,19,20). The monoisotopic (exact) mass is 292 g/mol. The van der Waals surface area contributed by atoms with Gasteiger partial charge in [0.05, 0.1) is 0 Å². The van der Waals surface area contributed by atoms with Gasteiger partial charge in [-0.05, 0) is 12.0 Å². The third-order valence-electron chi connectivity index (χ3n) is 3.40. The molecule has 1 rings (SSSR count). The Labute approximate surface area is 126 Å². The highest BCUT2D eigenvalue weighted by Crippen LogP contribution is 2.16. The summed E-state index contributed by atoms with van der Waals surface area (Å²) in [5, 5.41) is 9.22. The van der Waals surface area contributed by atoms with Crippen molar-refractivity contribution in [3.05, 3.63) is 35.9 Å². The number of ether oxygens (including phenoxy) is 1. The molecule has 1 aromatic carbocycles. The summed E-state index contributed by atoms with van der Waals surface area (Å²) in [4.78, 5) is 22.9. The lowest BCUT2D eigenvalue weighted by molar-refractivity contribution is -0.148. The lowest BCUT2D eigenvalue weighted by Crippen LogP contribution is -2.20. The first-order chi connectivity index (χ1) is 10.1. The largest absolute Gasteiger partial charge is 0.481 e. The summed E-state index contributed by atoms with van der Waals surface area (Å²) < 4.78 is 5.11. The number of esters is 1. The van der Waals surface area contributed by atoms with Crippen LogP contribution in [0.2, 0.25) is 0 Å². The predicted octanol–water partition coefficient (Wildman–Crippen LogP) is 3.76. The molecule has 0 aliphatic heterocycles. The number of carbonyl (C=O) groups is 2. The van der Waals surface area contributed by atoms with Gasteiger partial charge in [0, 0.05) is 6.42 Å². The maximum atomic E-state index is 11.6. The highest BCUT2D eigenvalue weighted by atomic mass is 16.5. The lowest BCUT2D eigenvalue weighted by Gasteiger charge is -2.13.